The first-order valence-corrected chi connectivity index (χ1v) is 6.26. The summed E-state index contributed by atoms with van der Waals surface area (Å²) in [5.74, 6) is -0.0760. The van der Waals surface area contributed by atoms with Gasteiger partial charge in [-0.3, -0.25) is 9.78 Å². The molecule has 0 aliphatic carbocycles. The number of hydrogen-bond acceptors (Lipinski definition) is 3. The number of rotatable bonds is 5. The molecule has 1 aromatic heterocycles. The van der Waals surface area contributed by atoms with Crippen LogP contribution in [0.2, 0.25) is 0 Å². The van der Waals surface area contributed by atoms with Gasteiger partial charge in [0.15, 0.2) is 0 Å². The van der Waals surface area contributed by atoms with E-state index in [9.17, 15) is 4.79 Å². The molecule has 2 rings (SSSR count). The smallest absolute Gasteiger partial charge is 0.251 e. The first kappa shape index (κ1) is 13.2. The van der Waals surface area contributed by atoms with Crippen molar-refractivity contribution in [1.29, 1.82) is 0 Å². The fourth-order valence-electron chi connectivity index (χ4n) is 1.90. The Morgan fingerprint density at radius 3 is 2.79 bits per heavy atom. The molecule has 0 bridgehead atoms. The molecule has 0 saturated carbocycles. The van der Waals surface area contributed by atoms with Gasteiger partial charge in [0, 0.05) is 24.5 Å². The minimum Gasteiger partial charge on any atom is -0.348 e. The second-order valence-corrected chi connectivity index (χ2v) is 4.24. The molecular formula is C15H17N3O. The van der Waals surface area contributed by atoms with Crippen LogP contribution in [0.15, 0.2) is 48.8 Å². The van der Waals surface area contributed by atoms with Crippen molar-refractivity contribution < 1.29 is 4.79 Å². The zero-order valence-electron chi connectivity index (χ0n) is 10.7. The van der Waals surface area contributed by atoms with Crippen molar-refractivity contribution in [2.24, 2.45) is 5.73 Å². The number of amides is 1. The topological polar surface area (TPSA) is 68.0 Å². The van der Waals surface area contributed by atoms with Crippen molar-refractivity contribution in [1.82, 2.24) is 10.3 Å². The third-order valence-electron chi connectivity index (χ3n) is 2.85. The number of aromatic nitrogens is 1. The summed E-state index contributed by atoms with van der Waals surface area (Å²) in [5, 5.41) is 2.89. The average Bonchev–Trinajstić information content (AvgIpc) is 2.47. The van der Waals surface area contributed by atoms with Crippen molar-refractivity contribution in [2.75, 3.05) is 6.54 Å². The predicted molar refractivity (Wildman–Crippen MR) is 74.6 cm³/mol. The second kappa shape index (κ2) is 6.66. The van der Waals surface area contributed by atoms with Crippen LogP contribution in [0.4, 0.5) is 0 Å². The highest BCUT2D eigenvalue weighted by Gasteiger charge is 2.09. The van der Waals surface area contributed by atoms with E-state index in [1.165, 1.54) is 0 Å². The van der Waals surface area contributed by atoms with Crippen molar-refractivity contribution >= 4 is 5.91 Å². The lowest BCUT2D eigenvalue weighted by Gasteiger charge is -2.09. The number of nitrogens with one attached hydrogen (secondary N) is 1. The molecule has 1 amide bonds. The largest absolute Gasteiger partial charge is 0.348 e. The number of benzene rings is 1. The van der Waals surface area contributed by atoms with Crippen LogP contribution in [0.3, 0.4) is 0 Å². The Balaban J connectivity index is 2.04. The molecule has 98 valence electrons. The monoisotopic (exact) mass is 255 g/mol. The van der Waals surface area contributed by atoms with Gasteiger partial charge in [0.1, 0.15) is 0 Å². The van der Waals surface area contributed by atoms with Gasteiger partial charge in [0.05, 0.1) is 0 Å². The van der Waals surface area contributed by atoms with Gasteiger partial charge in [0.25, 0.3) is 5.91 Å². The summed E-state index contributed by atoms with van der Waals surface area (Å²) < 4.78 is 0. The van der Waals surface area contributed by atoms with Gasteiger partial charge in [-0.25, -0.2) is 0 Å². The molecule has 0 aliphatic rings. The van der Waals surface area contributed by atoms with Crippen LogP contribution in [-0.4, -0.2) is 17.4 Å². The van der Waals surface area contributed by atoms with E-state index in [-0.39, 0.29) is 5.91 Å². The van der Waals surface area contributed by atoms with E-state index in [1.54, 1.807) is 12.4 Å². The SMILES string of the molecule is NCCc1ccccc1C(=O)NCc1cccnc1. The highest BCUT2D eigenvalue weighted by Crippen LogP contribution is 2.09. The Kier molecular flexibility index (Phi) is 4.64. The third kappa shape index (κ3) is 3.63. The molecule has 0 radical (unpaired) electrons. The number of carbonyl (C=O) groups is 1. The summed E-state index contributed by atoms with van der Waals surface area (Å²) >= 11 is 0. The summed E-state index contributed by atoms with van der Waals surface area (Å²) in [6.07, 6.45) is 4.16. The highest BCUT2D eigenvalue weighted by atomic mass is 16.1. The summed E-state index contributed by atoms with van der Waals surface area (Å²) in [4.78, 5) is 16.2. The number of nitrogens with two attached hydrogens (primary N) is 1. The highest BCUT2D eigenvalue weighted by molar-refractivity contribution is 5.95. The van der Waals surface area contributed by atoms with Gasteiger partial charge in [0.2, 0.25) is 0 Å². The lowest BCUT2D eigenvalue weighted by atomic mass is 10.0. The molecule has 1 aromatic carbocycles. The van der Waals surface area contributed by atoms with E-state index in [1.807, 2.05) is 36.4 Å². The Bertz CT molecular complexity index is 540. The fraction of sp³-hybridized carbons (Fsp3) is 0.200. The van der Waals surface area contributed by atoms with Crippen LogP contribution in [0, 0.1) is 0 Å². The van der Waals surface area contributed by atoms with E-state index < -0.39 is 0 Å². The number of hydrogen-bond donors (Lipinski definition) is 2. The molecule has 0 saturated heterocycles. The Hall–Kier alpha value is -2.20. The maximum atomic E-state index is 12.1. The average molecular weight is 255 g/mol. The number of pyridine rings is 1. The first-order valence-electron chi connectivity index (χ1n) is 6.26. The van der Waals surface area contributed by atoms with Crippen LogP contribution >= 0.6 is 0 Å². The zero-order chi connectivity index (χ0) is 13.5. The molecule has 3 N–H and O–H groups in total. The maximum absolute atomic E-state index is 12.1. The van der Waals surface area contributed by atoms with Crippen molar-refractivity contribution in [3.8, 4) is 0 Å². The molecular weight excluding hydrogens is 238 g/mol. The van der Waals surface area contributed by atoms with E-state index in [0.29, 0.717) is 25.1 Å². The molecule has 4 nitrogen and oxygen atoms in total. The second-order valence-electron chi connectivity index (χ2n) is 4.24. The van der Waals surface area contributed by atoms with E-state index in [4.69, 9.17) is 5.73 Å². The van der Waals surface area contributed by atoms with Crippen LogP contribution in [0.1, 0.15) is 21.5 Å². The summed E-state index contributed by atoms with van der Waals surface area (Å²) in [5.41, 5.74) is 8.21. The van der Waals surface area contributed by atoms with Gasteiger partial charge in [-0.05, 0) is 36.2 Å². The van der Waals surface area contributed by atoms with Crippen molar-refractivity contribution in [3.63, 3.8) is 0 Å². The van der Waals surface area contributed by atoms with Crippen LogP contribution in [-0.2, 0) is 13.0 Å². The van der Waals surface area contributed by atoms with E-state index in [2.05, 4.69) is 10.3 Å². The molecule has 0 aliphatic heterocycles. The zero-order valence-corrected chi connectivity index (χ0v) is 10.7. The summed E-state index contributed by atoms with van der Waals surface area (Å²) in [6, 6.07) is 11.3. The first-order chi connectivity index (χ1) is 9.31. The quantitative estimate of drug-likeness (QED) is 0.851. The van der Waals surface area contributed by atoms with E-state index in [0.717, 1.165) is 11.1 Å². The van der Waals surface area contributed by atoms with E-state index >= 15 is 0 Å². The van der Waals surface area contributed by atoms with Gasteiger partial charge < -0.3 is 11.1 Å². The normalized spacial score (nSPS) is 10.2. The van der Waals surface area contributed by atoms with Crippen LogP contribution in [0.5, 0.6) is 0 Å². The standard InChI is InChI=1S/C15H17N3O/c16-8-7-13-5-1-2-6-14(13)15(19)18-11-12-4-3-9-17-10-12/h1-6,9-10H,7-8,11,16H2,(H,18,19). The minimum absolute atomic E-state index is 0.0760. The van der Waals surface area contributed by atoms with Gasteiger partial charge >= 0.3 is 0 Å². The van der Waals surface area contributed by atoms with Gasteiger partial charge in [-0.15, -0.1) is 0 Å². The molecule has 4 heteroatoms. The van der Waals surface area contributed by atoms with Gasteiger partial charge in [-0.2, -0.15) is 0 Å². The Labute approximate surface area is 112 Å². The number of nitrogens with zero attached hydrogens (tertiary/aromatic N) is 1. The fourth-order valence-corrected chi connectivity index (χ4v) is 1.90. The van der Waals surface area contributed by atoms with Crippen LogP contribution < -0.4 is 11.1 Å². The Morgan fingerprint density at radius 2 is 2.05 bits per heavy atom. The Morgan fingerprint density at radius 1 is 1.21 bits per heavy atom. The molecule has 2 aromatic rings. The number of carbonyl (C=O) groups excluding carboxylic acids is 1. The minimum atomic E-state index is -0.0760. The van der Waals surface area contributed by atoms with Crippen molar-refractivity contribution in [3.05, 3.63) is 65.5 Å². The molecule has 0 fully saturated rings. The molecule has 19 heavy (non-hydrogen) atoms. The predicted octanol–water partition coefficient (Wildman–Crippen LogP) is 1.51. The summed E-state index contributed by atoms with van der Waals surface area (Å²) in [6.45, 7) is 1.01. The third-order valence-corrected chi connectivity index (χ3v) is 2.85. The lowest BCUT2D eigenvalue weighted by Crippen LogP contribution is -2.24. The molecule has 0 spiro atoms. The summed E-state index contributed by atoms with van der Waals surface area (Å²) in [7, 11) is 0. The molecule has 0 unspecified atom stereocenters. The van der Waals surface area contributed by atoms with Crippen molar-refractivity contribution in [2.45, 2.75) is 13.0 Å². The molecule has 1 heterocycles. The van der Waals surface area contributed by atoms with Crippen LogP contribution in [0.25, 0.3) is 0 Å². The van der Waals surface area contributed by atoms with Gasteiger partial charge in [-0.1, -0.05) is 24.3 Å². The lowest BCUT2D eigenvalue weighted by molar-refractivity contribution is 0.0950. The molecule has 0 atom stereocenters. The maximum Gasteiger partial charge on any atom is 0.251 e.